The van der Waals surface area contributed by atoms with Crippen molar-refractivity contribution in [2.45, 2.75) is 12.5 Å². The summed E-state index contributed by atoms with van der Waals surface area (Å²) in [6, 6.07) is 10.6. The number of nitrogens with one attached hydrogen (secondary N) is 1. The van der Waals surface area contributed by atoms with Crippen LogP contribution >= 0.6 is 11.3 Å². The Morgan fingerprint density at radius 1 is 1.25 bits per heavy atom. The zero-order chi connectivity index (χ0) is 13.4. The lowest BCUT2D eigenvalue weighted by Gasteiger charge is -2.24. The van der Waals surface area contributed by atoms with E-state index in [1.807, 2.05) is 29.8 Å². The first-order valence-corrected chi connectivity index (χ1v) is 7.57. The molecule has 3 heterocycles. The lowest BCUT2D eigenvalue weighted by Crippen LogP contribution is -2.23. The van der Waals surface area contributed by atoms with Gasteiger partial charge in [-0.25, -0.2) is 9.97 Å². The number of anilines is 1. The second-order valence-corrected chi connectivity index (χ2v) is 5.75. The van der Waals surface area contributed by atoms with Gasteiger partial charge in [-0.05, 0) is 6.42 Å². The Labute approximate surface area is 121 Å². The summed E-state index contributed by atoms with van der Waals surface area (Å²) in [7, 11) is 0. The van der Waals surface area contributed by atoms with Crippen molar-refractivity contribution in [3.8, 4) is 11.3 Å². The highest BCUT2D eigenvalue weighted by Gasteiger charge is 2.24. The van der Waals surface area contributed by atoms with Gasteiger partial charge in [0.1, 0.15) is 5.01 Å². The molecule has 0 spiro atoms. The van der Waals surface area contributed by atoms with Crippen LogP contribution in [0.5, 0.6) is 0 Å². The summed E-state index contributed by atoms with van der Waals surface area (Å²) in [6.45, 7) is 0.940. The second-order valence-electron chi connectivity index (χ2n) is 4.82. The van der Waals surface area contributed by atoms with Crippen LogP contribution in [0, 0.1) is 0 Å². The van der Waals surface area contributed by atoms with Crippen molar-refractivity contribution in [2.24, 2.45) is 0 Å². The van der Waals surface area contributed by atoms with E-state index in [9.17, 15) is 0 Å². The van der Waals surface area contributed by atoms with Crippen LogP contribution < -0.4 is 5.32 Å². The number of nitrogens with zero attached hydrogens (tertiary/aromatic N) is 3. The smallest absolute Gasteiger partial charge is 0.204 e. The van der Waals surface area contributed by atoms with Crippen molar-refractivity contribution in [3.63, 3.8) is 0 Å². The van der Waals surface area contributed by atoms with Crippen LogP contribution in [0.3, 0.4) is 0 Å². The fourth-order valence-electron chi connectivity index (χ4n) is 2.61. The molecule has 1 aromatic carbocycles. The molecule has 0 radical (unpaired) electrons. The molecule has 0 aliphatic carbocycles. The van der Waals surface area contributed by atoms with E-state index in [-0.39, 0.29) is 0 Å². The summed E-state index contributed by atoms with van der Waals surface area (Å²) >= 11 is 1.71. The third-order valence-corrected chi connectivity index (χ3v) is 4.45. The van der Waals surface area contributed by atoms with Crippen molar-refractivity contribution in [1.29, 1.82) is 0 Å². The molecule has 4 nitrogen and oxygen atoms in total. The number of aromatic nitrogens is 3. The molecule has 1 aliphatic heterocycles. The number of hydrogen-bond donors (Lipinski definition) is 1. The lowest BCUT2D eigenvalue weighted by molar-refractivity contribution is 0.528. The number of imidazole rings is 1. The predicted octanol–water partition coefficient (Wildman–Crippen LogP) is 3.41. The highest BCUT2D eigenvalue weighted by Crippen LogP contribution is 2.33. The molecule has 100 valence electrons. The van der Waals surface area contributed by atoms with Crippen molar-refractivity contribution in [1.82, 2.24) is 14.5 Å². The van der Waals surface area contributed by atoms with E-state index < -0.39 is 0 Å². The molecule has 0 bridgehead atoms. The van der Waals surface area contributed by atoms with Gasteiger partial charge in [-0.3, -0.25) is 0 Å². The Hall–Kier alpha value is -2.14. The van der Waals surface area contributed by atoms with Gasteiger partial charge in [-0.15, -0.1) is 11.3 Å². The van der Waals surface area contributed by atoms with Crippen LogP contribution in [-0.4, -0.2) is 21.1 Å². The van der Waals surface area contributed by atoms with Gasteiger partial charge in [0.2, 0.25) is 5.95 Å². The third kappa shape index (κ3) is 1.91. The fraction of sp³-hybridized carbons (Fsp3) is 0.200. The summed E-state index contributed by atoms with van der Waals surface area (Å²) < 4.78 is 2.21. The highest BCUT2D eigenvalue weighted by molar-refractivity contribution is 7.09. The lowest BCUT2D eigenvalue weighted by atomic mass is 10.1. The average Bonchev–Trinajstić information content (AvgIpc) is 3.17. The number of benzene rings is 1. The van der Waals surface area contributed by atoms with Gasteiger partial charge in [0.25, 0.3) is 0 Å². The maximum absolute atomic E-state index is 4.71. The predicted molar refractivity (Wildman–Crippen MR) is 81.0 cm³/mol. The van der Waals surface area contributed by atoms with Crippen LogP contribution in [0.4, 0.5) is 5.95 Å². The summed E-state index contributed by atoms with van der Waals surface area (Å²) in [6.07, 6.45) is 5.05. The molecule has 1 aliphatic rings. The summed E-state index contributed by atoms with van der Waals surface area (Å²) in [4.78, 5) is 9.17. The maximum atomic E-state index is 4.71. The van der Waals surface area contributed by atoms with Gasteiger partial charge < -0.3 is 9.88 Å². The van der Waals surface area contributed by atoms with Crippen LogP contribution in [0.15, 0.2) is 48.1 Å². The van der Waals surface area contributed by atoms with E-state index >= 15 is 0 Å². The van der Waals surface area contributed by atoms with Gasteiger partial charge >= 0.3 is 0 Å². The maximum Gasteiger partial charge on any atom is 0.204 e. The molecule has 0 amide bonds. The number of rotatable bonds is 2. The number of hydrogen-bond acceptors (Lipinski definition) is 4. The SMILES string of the molecule is c1ccc(-c2cn3c(n2)NCCC3c2nccs2)cc1. The quantitative estimate of drug-likeness (QED) is 0.783. The van der Waals surface area contributed by atoms with Crippen molar-refractivity contribution in [2.75, 3.05) is 11.9 Å². The minimum Gasteiger partial charge on any atom is -0.356 e. The minimum absolute atomic E-state index is 0.302. The molecule has 5 heteroatoms. The van der Waals surface area contributed by atoms with Crippen molar-refractivity contribution in [3.05, 3.63) is 53.1 Å². The van der Waals surface area contributed by atoms with Gasteiger partial charge in [-0.1, -0.05) is 30.3 Å². The Bertz CT molecular complexity index is 703. The molecular formula is C15H14N4S. The first kappa shape index (κ1) is 11.7. The molecule has 20 heavy (non-hydrogen) atoms. The van der Waals surface area contributed by atoms with E-state index in [0.717, 1.165) is 35.2 Å². The molecular weight excluding hydrogens is 268 g/mol. The third-order valence-electron chi connectivity index (χ3n) is 3.57. The van der Waals surface area contributed by atoms with E-state index in [0.29, 0.717) is 6.04 Å². The average molecular weight is 282 g/mol. The zero-order valence-electron chi connectivity index (χ0n) is 10.9. The standard InChI is InChI=1S/C15H14N4S/c1-2-4-11(5-3-1)12-10-19-13(14-16-8-9-20-14)6-7-17-15(19)18-12/h1-5,8-10,13H,6-7H2,(H,17,18). The monoisotopic (exact) mass is 282 g/mol. The minimum atomic E-state index is 0.302. The molecule has 3 aromatic rings. The van der Waals surface area contributed by atoms with Crippen LogP contribution in [0.25, 0.3) is 11.3 Å². The van der Waals surface area contributed by atoms with Gasteiger partial charge in [-0.2, -0.15) is 0 Å². The Morgan fingerprint density at radius 2 is 2.15 bits per heavy atom. The first-order valence-electron chi connectivity index (χ1n) is 6.69. The molecule has 4 rings (SSSR count). The zero-order valence-corrected chi connectivity index (χ0v) is 11.7. The highest BCUT2D eigenvalue weighted by atomic mass is 32.1. The second kappa shape index (κ2) is 4.76. The Morgan fingerprint density at radius 3 is 2.95 bits per heavy atom. The topological polar surface area (TPSA) is 42.7 Å². The summed E-state index contributed by atoms with van der Waals surface area (Å²) in [5.74, 6) is 0.940. The first-order chi connectivity index (χ1) is 9.92. The largest absolute Gasteiger partial charge is 0.356 e. The number of thiazole rings is 1. The normalized spacial score (nSPS) is 17.5. The van der Waals surface area contributed by atoms with Crippen molar-refractivity contribution < 1.29 is 0 Å². The van der Waals surface area contributed by atoms with E-state index in [4.69, 9.17) is 4.98 Å². The molecule has 2 aromatic heterocycles. The molecule has 0 saturated heterocycles. The van der Waals surface area contributed by atoms with Crippen LogP contribution in [0.2, 0.25) is 0 Å². The Balaban J connectivity index is 1.78. The Kier molecular flexibility index (Phi) is 2.77. The van der Waals surface area contributed by atoms with Gasteiger partial charge in [0.15, 0.2) is 0 Å². The molecule has 1 N–H and O–H groups in total. The van der Waals surface area contributed by atoms with E-state index in [1.54, 1.807) is 11.3 Å². The van der Waals surface area contributed by atoms with E-state index in [2.05, 4.69) is 33.2 Å². The van der Waals surface area contributed by atoms with Crippen LogP contribution in [-0.2, 0) is 0 Å². The van der Waals surface area contributed by atoms with Crippen molar-refractivity contribution >= 4 is 17.3 Å². The fourth-order valence-corrected chi connectivity index (χ4v) is 3.38. The molecule has 0 fully saturated rings. The molecule has 0 saturated carbocycles. The molecule has 1 unspecified atom stereocenters. The number of fused-ring (bicyclic) bond motifs is 1. The van der Waals surface area contributed by atoms with Gasteiger partial charge in [0, 0.05) is 29.9 Å². The summed E-state index contributed by atoms with van der Waals surface area (Å²) in [5, 5.41) is 6.56. The molecule has 1 atom stereocenters. The van der Waals surface area contributed by atoms with Gasteiger partial charge in [0.05, 0.1) is 11.7 Å². The summed E-state index contributed by atoms with van der Waals surface area (Å²) in [5.41, 5.74) is 2.16. The van der Waals surface area contributed by atoms with E-state index in [1.165, 1.54) is 0 Å². The van der Waals surface area contributed by atoms with Crippen LogP contribution in [0.1, 0.15) is 17.5 Å².